The Bertz CT molecular complexity index is 1270. The second-order valence-electron chi connectivity index (χ2n) is 7.26. The van der Waals surface area contributed by atoms with Crippen molar-refractivity contribution in [2.45, 2.75) is 19.7 Å². The Morgan fingerprint density at radius 1 is 1.06 bits per heavy atom. The van der Waals surface area contributed by atoms with Gasteiger partial charge in [0.2, 0.25) is 0 Å². The van der Waals surface area contributed by atoms with Crippen LogP contribution in [0.25, 0.3) is 5.69 Å². The zero-order chi connectivity index (χ0) is 23.4. The fourth-order valence-corrected chi connectivity index (χ4v) is 3.17. The molecule has 0 aliphatic carbocycles. The number of carbonyl (C=O) groups is 1. The van der Waals surface area contributed by atoms with Crippen LogP contribution < -0.4 is 10.1 Å². The average molecular weight is 452 g/mol. The molecule has 168 valence electrons. The van der Waals surface area contributed by atoms with E-state index in [0.717, 1.165) is 17.7 Å². The maximum absolute atomic E-state index is 13.1. The molecule has 9 heteroatoms. The highest BCUT2D eigenvalue weighted by Crippen LogP contribution is 2.31. The summed E-state index contributed by atoms with van der Waals surface area (Å²) in [7, 11) is 0. The highest BCUT2D eigenvalue weighted by molar-refractivity contribution is 6.04. The van der Waals surface area contributed by atoms with Crippen LogP contribution in [-0.4, -0.2) is 20.7 Å². The third kappa shape index (κ3) is 5.38. The number of rotatable bonds is 6. The van der Waals surface area contributed by atoms with Gasteiger partial charge in [0.05, 0.1) is 16.9 Å². The number of pyridine rings is 1. The van der Waals surface area contributed by atoms with E-state index in [1.165, 1.54) is 16.8 Å². The van der Waals surface area contributed by atoms with Crippen LogP contribution in [0, 0.1) is 6.92 Å². The molecule has 0 aliphatic rings. The van der Waals surface area contributed by atoms with E-state index in [-0.39, 0.29) is 11.5 Å². The summed E-state index contributed by atoms with van der Waals surface area (Å²) < 4.78 is 46.3. The minimum Gasteiger partial charge on any atom is -0.489 e. The standard InChI is InChI=1S/C24H19F3N4O2/c1-16-11-22(31(30-16)20-8-3-7-19(13-20)24(25,26)27)29-23(32)18-6-2-9-21(12-18)33-15-17-5-4-10-28-14-17/h2-14H,15H2,1H3,(H,29,32). The first kappa shape index (κ1) is 22.1. The van der Waals surface area contributed by atoms with E-state index in [1.54, 1.807) is 55.7 Å². The van der Waals surface area contributed by atoms with Crippen LogP contribution in [0.1, 0.15) is 27.2 Å². The van der Waals surface area contributed by atoms with Gasteiger partial charge >= 0.3 is 6.18 Å². The molecular formula is C24H19F3N4O2. The van der Waals surface area contributed by atoms with Gasteiger partial charge in [-0.25, -0.2) is 4.68 Å². The molecule has 1 N–H and O–H groups in total. The van der Waals surface area contributed by atoms with Crippen LogP contribution in [0.3, 0.4) is 0 Å². The number of nitrogens with zero attached hydrogens (tertiary/aromatic N) is 3. The Labute approximate surface area is 187 Å². The molecule has 4 rings (SSSR count). The predicted molar refractivity (Wildman–Crippen MR) is 116 cm³/mol. The van der Waals surface area contributed by atoms with Crippen molar-refractivity contribution < 1.29 is 22.7 Å². The Morgan fingerprint density at radius 3 is 2.64 bits per heavy atom. The van der Waals surface area contributed by atoms with Crippen LogP contribution in [-0.2, 0) is 12.8 Å². The normalized spacial score (nSPS) is 11.3. The van der Waals surface area contributed by atoms with Gasteiger partial charge in [-0.3, -0.25) is 9.78 Å². The van der Waals surface area contributed by atoms with E-state index in [1.807, 2.05) is 6.07 Å². The first-order valence-electron chi connectivity index (χ1n) is 9.97. The monoisotopic (exact) mass is 452 g/mol. The summed E-state index contributed by atoms with van der Waals surface area (Å²) in [6, 6.07) is 16.6. The zero-order valence-corrected chi connectivity index (χ0v) is 17.5. The molecule has 1 amide bonds. The Morgan fingerprint density at radius 2 is 1.88 bits per heavy atom. The maximum atomic E-state index is 13.1. The van der Waals surface area contributed by atoms with Gasteiger partial charge in [-0.15, -0.1) is 0 Å². The van der Waals surface area contributed by atoms with Crippen LogP contribution in [0.2, 0.25) is 0 Å². The van der Waals surface area contributed by atoms with Gasteiger partial charge in [-0.2, -0.15) is 18.3 Å². The first-order chi connectivity index (χ1) is 15.8. The van der Waals surface area contributed by atoms with Gasteiger partial charge in [0, 0.05) is 29.6 Å². The zero-order valence-electron chi connectivity index (χ0n) is 17.5. The maximum Gasteiger partial charge on any atom is 0.416 e. The molecular weight excluding hydrogens is 433 g/mol. The molecule has 2 aromatic carbocycles. The lowest BCUT2D eigenvalue weighted by Crippen LogP contribution is -2.15. The lowest BCUT2D eigenvalue weighted by molar-refractivity contribution is -0.137. The lowest BCUT2D eigenvalue weighted by Gasteiger charge is -2.12. The van der Waals surface area contributed by atoms with Crippen molar-refractivity contribution in [2.75, 3.05) is 5.32 Å². The number of nitrogens with one attached hydrogen (secondary N) is 1. The predicted octanol–water partition coefficient (Wildman–Crippen LogP) is 5.43. The van der Waals surface area contributed by atoms with Crippen molar-refractivity contribution in [3.8, 4) is 11.4 Å². The van der Waals surface area contributed by atoms with Gasteiger partial charge < -0.3 is 10.1 Å². The Balaban J connectivity index is 1.53. The summed E-state index contributed by atoms with van der Waals surface area (Å²) in [6.45, 7) is 1.98. The number of benzene rings is 2. The highest BCUT2D eigenvalue weighted by atomic mass is 19.4. The number of carbonyl (C=O) groups excluding carboxylic acids is 1. The van der Waals surface area contributed by atoms with E-state index in [9.17, 15) is 18.0 Å². The molecule has 0 radical (unpaired) electrons. The molecule has 0 saturated heterocycles. The number of halogens is 3. The van der Waals surface area contributed by atoms with Crippen molar-refractivity contribution in [1.29, 1.82) is 0 Å². The Kier molecular flexibility index (Phi) is 6.12. The summed E-state index contributed by atoms with van der Waals surface area (Å²) in [5.41, 5.74) is 1.13. The summed E-state index contributed by atoms with van der Waals surface area (Å²) in [5, 5.41) is 6.96. The smallest absolute Gasteiger partial charge is 0.416 e. The summed E-state index contributed by atoms with van der Waals surface area (Å²) in [5.74, 6) is 0.294. The summed E-state index contributed by atoms with van der Waals surface area (Å²) in [4.78, 5) is 16.9. The molecule has 33 heavy (non-hydrogen) atoms. The molecule has 2 aromatic heterocycles. The molecule has 0 bridgehead atoms. The van der Waals surface area contributed by atoms with Gasteiger partial charge in [-0.05, 0) is 49.4 Å². The molecule has 0 saturated carbocycles. The van der Waals surface area contributed by atoms with Crippen LogP contribution in [0.5, 0.6) is 5.75 Å². The van der Waals surface area contributed by atoms with E-state index in [0.29, 0.717) is 23.6 Å². The number of hydrogen-bond donors (Lipinski definition) is 1. The van der Waals surface area contributed by atoms with E-state index in [4.69, 9.17) is 4.74 Å². The lowest BCUT2D eigenvalue weighted by atomic mass is 10.2. The number of hydrogen-bond acceptors (Lipinski definition) is 4. The fourth-order valence-electron chi connectivity index (χ4n) is 3.17. The second-order valence-corrected chi connectivity index (χ2v) is 7.26. The number of amides is 1. The van der Waals surface area contributed by atoms with Crippen LogP contribution in [0.15, 0.2) is 79.1 Å². The van der Waals surface area contributed by atoms with E-state index >= 15 is 0 Å². The van der Waals surface area contributed by atoms with Crippen molar-refractivity contribution in [2.24, 2.45) is 0 Å². The Hall–Kier alpha value is -4.14. The summed E-state index contributed by atoms with van der Waals surface area (Å²) in [6.07, 6.45) is -1.13. The molecule has 0 atom stereocenters. The third-order valence-electron chi connectivity index (χ3n) is 4.72. The minimum absolute atomic E-state index is 0.182. The minimum atomic E-state index is -4.49. The van der Waals surface area contributed by atoms with E-state index in [2.05, 4.69) is 15.4 Å². The van der Waals surface area contributed by atoms with Crippen molar-refractivity contribution >= 4 is 11.7 Å². The number of anilines is 1. The van der Waals surface area contributed by atoms with Crippen molar-refractivity contribution in [3.63, 3.8) is 0 Å². The quantitative estimate of drug-likeness (QED) is 0.424. The van der Waals surface area contributed by atoms with Gasteiger partial charge in [-0.1, -0.05) is 18.2 Å². The largest absolute Gasteiger partial charge is 0.489 e. The molecule has 0 fully saturated rings. The average Bonchev–Trinajstić information content (AvgIpc) is 3.18. The number of alkyl halides is 3. The number of aromatic nitrogens is 3. The van der Waals surface area contributed by atoms with Crippen LogP contribution in [0.4, 0.5) is 19.0 Å². The van der Waals surface area contributed by atoms with Crippen molar-refractivity contribution in [3.05, 3.63) is 102 Å². The van der Waals surface area contributed by atoms with Gasteiger partial charge in [0.25, 0.3) is 5.91 Å². The highest BCUT2D eigenvalue weighted by Gasteiger charge is 2.30. The van der Waals surface area contributed by atoms with Crippen LogP contribution >= 0.6 is 0 Å². The number of aryl methyl sites for hydroxylation is 1. The molecule has 0 aliphatic heterocycles. The SMILES string of the molecule is Cc1cc(NC(=O)c2cccc(OCc3cccnc3)c2)n(-c2cccc(C(F)(F)F)c2)n1. The second kappa shape index (κ2) is 9.15. The van der Waals surface area contributed by atoms with Gasteiger partial charge in [0.1, 0.15) is 18.2 Å². The number of ether oxygens (including phenoxy) is 1. The molecule has 0 spiro atoms. The fraction of sp³-hybridized carbons (Fsp3) is 0.125. The summed E-state index contributed by atoms with van der Waals surface area (Å²) >= 11 is 0. The first-order valence-corrected chi connectivity index (χ1v) is 9.97. The topological polar surface area (TPSA) is 69.0 Å². The molecule has 2 heterocycles. The van der Waals surface area contributed by atoms with Gasteiger partial charge in [0.15, 0.2) is 0 Å². The molecule has 4 aromatic rings. The molecule has 6 nitrogen and oxygen atoms in total. The van der Waals surface area contributed by atoms with E-state index < -0.39 is 17.6 Å². The van der Waals surface area contributed by atoms with Crippen molar-refractivity contribution in [1.82, 2.24) is 14.8 Å². The molecule has 0 unspecified atom stereocenters. The third-order valence-corrected chi connectivity index (χ3v) is 4.72.